The molecule has 0 radical (unpaired) electrons. The number of esters is 1. The van der Waals surface area contributed by atoms with Crippen LogP contribution in [-0.2, 0) is 9.63 Å². The van der Waals surface area contributed by atoms with Crippen molar-refractivity contribution in [2.75, 3.05) is 0 Å². The van der Waals surface area contributed by atoms with Gasteiger partial charge in [0, 0.05) is 6.42 Å². The Labute approximate surface area is 115 Å². The van der Waals surface area contributed by atoms with Crippen LogP contribution in [0.2, 0.25) is 0 Å². The highest BCUT2D eigenvalue weighted by Gasteiger charge is 2.35. The number of ether oxygens (including phenoxy) is 1. The van der Waals surface area contributed by atoms with Gasteiger partial charge >= 0.3 is 5.97 Å². The van der Waals surface area contributed by atoms with Crippen LogP contribution in [0.5, 0.6) is 5.75 Å². The van der Waals surface area contributed by atoms with Crippen LogP contribution in [0.3, 0.4) is 0 Å². The summed E-state index contributed by atoms with van der Waals surface area (Å²) in [4.78, 5) is 16.4. The maximum Gasteiger partial charge on any atom is 0.361 e. The molecule has 1 heterocycles. The Hall–Kier alpha value is -2.19. The predicted molar refractivity (Wildman–Crippen MR) is 59.1 cm³/mol. The van der Waals surface area contributed by atoms with Crippen molar-refractivity contribution in [3.63, 3.8) is 0 Å². The average Bonchev–Trinajstić information content (AvgIpc) is 2.79. The Morgan fingerprint density at radius 2 is 1.52 bits per heavy atom. The average molecular weight is 309 g/mol. The smallest absolute Gasteiger partial charge is 0.361 e. The first kappa shape index (κ1) is 15.2. The number of carbonyl (C=O) groups is 1. The molecule has 0 fully saturated rings. The van der Waals surface area contributed by atoms with Gasteiger partial charge in [0.1, 0.15) is 5.60 Å². The molecule has 0 saturated carbocycles. The summed E-state index contributed by atoms with van der Waals surface area (Å²) in [6.07, 6.45) is -0.0404. The van der Waals surface area contributed by atoms with Crippen LogP contribution < -0.4 is 4.74 Å². The first-order chi connectivity index (χ1) is 9.64. The normalized spacial score (nSPS) is 16.4. The Kier molecular flexibility index (Phi) is 3.60. The van der Waals surface area contributed by atoms with E-state index in [2.05, 4.69) is 9.89 Å². The van der Waals surface area contributed by atoms with E-state index in [0.29, 0.717) is 0 Å². The van der Waals surface area contributed by atoms with Gasteiger partial charge in [0.05, 0.1) is 0 Å². The zero-order valence-corrected chi connectivity index (χ0v) is 10.8. The lowest BCUT2D eigenvalue weighted by molar-refractivity contribution is -0.127. The number of halogens is 5. The monoisotopic (exact) mass is 309 g/mol. The van der Waals surface area contributed by atoms with E-state index >= 15 is 0 Å². The SMILES string of the molecule is CC1(C)CC(C(=O)Oc2c(F)c(F)c(F)c(F)c2F)=NO1. The summed E-state index contributed by atoms with van der Waals surface area (Å²) >= 11 is 0. The van der Waals surface area contributed by atoms with Gasteiger partial charge in [-0.05, 0) is 13.8 Å². The highest BCUT2D eigenvalue weighted by molar-refractivity contribution is 6.37. The van der Waals surface area contributed by atoms with Gasteiger partial charge in [-0.2, -0.15) is 8.78 Å². The largest absolute Gasteiger partial charge is 0.415 e. The number of hydrogen-bond donors (Lipinski definition) is 0. The number of benzene rings is 1. The Morgan fingerprint density at radius 1 is 1.05 bits per heavy atom. The van der Waals surface area contributed by atoms with Crippen molar-refractivity contribution in [1.82, 2.24) is 0 Å². The molecule has 2 rings (SSSR count). The second kappa shape index (κ2) is 4.97. The number of hydrogen-bond acceptors (Lipinski definition) is 4. The molecule has 0 N–H and O–H groups in total. The molecule has 9 heteroatoms. The molecule has 21 heavy (non-hydrogen) atoms. The lowest BCUT2D eigenvalue weighted by Crippen LogP contribution is -2.26. The van der Waals surface area contributed by atoms with Crippen molar-refractivity contribution in [2.24, 2.45) is 5.16 Å². The first-order valence-corrected chi connectivity index (χ1v) is 5.62. The molecule has 0 saturated heterocycles. The quantitative estimate of drug-likeness (QED) is 0.277. The molecular formula is C12H8F5NO3. The number of nitrogens with zero attached hydrogens (tertiary/aromatic N) is 1. The minimum atomic E-state index is -2.34. The standard InChI is InChI=1S/C12H8F5NO3/c1-12(2)3-4(18-21-12)11(19)20-10-8(16)6(14)5(13)7(15)9(10)17/h3H2,1-2H3. The van der Waals surface area contributed by atoms with E-state index in [4.69, 9.17) is 4.84 Å². The van der Waals surface area contributed by atoms with Gasteiger partial charge in [0.15, 0.2) is 5.71 Å². The molecule has 0 aromatic heterocycles. The number of carbonyl (C=O) groups excluding carboxylic acids is 1. The van der Waals surface area contributed by atoms with Gasteiger partial charge in [-0.3, -0.25) is 0 Å². The molecule has 0 amide bonds. The van der Waals surface area contributed by atoms with Gasteiger partial charge in [0.2, 0.25) is 34.8 Å². The highest BCUT2D eigenvalue weighted by Crippen LogP contribution is 2.30. The van der Waals surface area contributed by atoms with E-state index < -0.39 is 46.4 Å². The third-order valence-electron chi connectivity index (χ3n) is 2.60. The van der Waals surface area contributed by atoms with Crippen LogP contribution in [0.25, 0.3) is 0 Å². The summed E-state index contributed by atoms with van der Waals surface area (Å²) < 4.78 is 69.6. The third-order valence-corrected chi connectivity index (χ3v) is 2.60. The summed E-state index contributed by atoms with van der Waals surface area (Å²) in [6, 6.07) is 0. The lowest BCUT2D eigenvalue weighted by atomic mass is 10.0. The molecule has 0 spiro atoms. The van der Waals surface area contributed by atoms with Gasteiger partial charge < -0.3 is 9.57 Å². The zero-order chi connectivity index (χ0) is 15.9. The molecule has 0 bridgehead atoms. The van der Waals surface area contributed by atoms with Crippen LogP contribution >= 0.6 is 0 Å². The molecule has 1 aromatic carbocycles. The van der Waals surface area contributed by atoms with Gasteiger partial charge in [-0.1, -0.05) is 5.16 Å². The van der Waals surface area contributed by atoms with Crippen molar-refractivity contribution >= 4 is 11.7 Å². The number of rotatable bonds is 2. The molecular weight excluding hydrogens is 301 g/mol. The summed E-state index contributed by atoms with van der Waals surface area (Å²) in [5.74, 6) is -14.3. The van der Waals surface area contributed by atoms with E-state index in [1.807, 2.05) is 0 Å². The van der Waals surface area contributed by atoms with Crippen LogP contribution in [0.4, 0.5) is 22.0 Å². The summed E-state index contributed by atoms with van der Waals surface area (Å²) in [7, 11) is 0. The molecule has 4 nitrogen and oxygen atoms in total. The van der Waals surface area contributed by atoms with Crippen LogP contribution in [0, 0.1) is 29.1 Å². The van der Waals surface area contributed by atoms with Gasteiger partial charge in [-0.15, -0.1) is 0 Å². The van der Waals surface area contributed by atoms with Crippen LogP contribution in [-0.4, -0.2) is 17.3 Å². The van der Waals surface area contributed by atoms with E-state index in [-0.39, 0.29) is 12.1 Å². The Bertz CT molecular complexity index is 628. The third kappa shape index (κ3) is 2.67. The fourth-order valence-electron chi connectivity index (χ4n) is 1.58. The van der Waals surface area contributed by atoms with Crippen molar-refractivity contribution in [3.8, 4) is 5.75 Å². The molecule has 114 valence electrons. The molecule has 0 aliphatic carbocycles. The maximum absolute atomic E-state index is 13.3. The second-order valence-electron chi connectivity index (χ2n) is 4.85. The van der Waals surface area contributed by atoms with E-state index in [1.165, 1.54) is 0 Å². The summed E-state index contributed by atoms with van der Waals surface area (Å²) in [5.41, 5.74) is -1.16. The van der Waals surface area contributed by atoms with E-state index in [1.54, 1.807) is 13.8 Å². The topological polar surface area (TPSA) is 47.9 Å². The minimum Gasteiger partial charge on any atom is -0.415 e. The minimum absolute atomic E-state index is 0.0404. The van der Waals surface area contributed by atoms with Crippen molar-refractivity contribution in [1.29, 1.82) is 0 Å². The molecule has 0 atom stereocenters. The first-order valence-electron chi connectivity index (χ1n) is 5.62. The van der Waals surface area contributed by atoms with Crippen LogP contribution in [0.15, 0.2) is 5.16 Å². The Morgan fingerprint density at radius 3 is 1.95 bits per heavy atom. The van der Waals surface area contributed by atoms with Crippen molar-refractivity contribution in [3.05, 3.63) is 29.1 Å². The number of oxime groups is 1. The van der Waals surface area contributed by atoms with Crippen LogP contribution in [0.1, 0.15) is 20.3 Å². The fourth-order valence-corrected chi connectivity index (χ4v) is 1.58. The maximum atomic E-state index is 13.3. The molecule has 1 aliphatic rings. The van der Waals surface area contributed by atoms with Gasteiger partial charge in [-0.25, -0.2) is 18.0 Å². The second-order valence-corrected chi connectivity index (χ2v) is 4.85. The zero-order valence-electron chi connectivity index (χ0n) is 10.8. The van der Waals surface area contributed by atoms with Gasteiger partial charge in [0.25, 0.3) is 0 Å². The molecule has 1 aromatic rings. The summed E-state index contributed by atoms with van der Waals surface area (Å²) in [6.45, 7) is 3.16. The Balaban J connectivity index is 2.31. The highest BCUT2D eigenvalue weighted by atomic mass is 19.2. The van der Waals surface area contributed by atoms with Crippen molar-refractivity contribution in [2.45, 2.75) is 25.9 Å². The predicted octanol–water partition coefficient (Wildman–Crippen LogP) is 2.84. The van der Waals surface area contributed by atoms with E-state index in [9.17, 15) is 26.7 Å². The summed E-state index contributed by atoms with van der Waals surface area (Å²) in [5, 5.41) is 3.34. The van der Waals surface area contributed by atoms with Crippen molar-refractivity contribution < 1.29 is 36.3 Å². The fraction of sp³-hybridized carbons (Fsp3) is 0.333. The molecule has 1 aliphatic heterocycles. The lowest BCUT2D eigenvalue weighted by Gasteiger charge is -2.13. The molecule has 0 unspecified atom stereocenters. The van der Waals surface area contributed by atoms with E-state index in [0.717, 1.165) is 0 Å².